The van der Waals surface area contributed by atoms with Gasteiger partial charge in [-0.1, -0.05) is 41.9 Å². The zero-order valence-electron chi connectivity index (χ0n) is 16.8. The van der Waals surface area contributed by atoms with E-state index in [-0.39, 0.29) is 10.7 Å². The number of halogens is 7. The zero-order chi connectivity index (χ0) is 24.9. The summed E-state index contributed by atoms with van der Waals surface area (Å²) >= 11 is 5.81. The third kappa shape index (κ3) is 3.77. The lowest BCUT2D eigenvalue weighted by Crippen LogP contribution is -2.59. The number of fused-ring (bicyclic) bond motifs is 1. The first-order chi connectivity index (χ1) is 15.8. The first-order valence-electron chi connectivity index (χ1n) is 9.54. The Hall–Kier alpha value is -3.54. The molecule has 1 aromatic heterocycles. The highest BCUT2D eigenvalue weighted by molar-refractivity contribution is 6.30. The highest BCUT2D eigenvalue weighted by atomic mass is 35.5. The van der Waals surface area contributed by atoms with Crippen LogP contribution in [0.5, 0.6) is 0 Å². The standard InChI is InChI=1S/C21H13ClF6N4O2/c22-12-6-8-13(9-7-12)32-16-15(17(33)30-18(32)34)19(20(23,24)25,21(26,27)28)31-14(29-16)10-11-4-2-1-3-5-11/h1-9H,10H2,(H,29,31)(H,30,33,34). The average Bonchev–Trinajstić information content (AvgIpc) is 2.73. The number of nitrogens with one attached hydrogen (secondary N) is 2. The van der Waals surface area contributed by atoms with Crippen molar-refractivity contribution < 1.29 is 26.3 Å². The van der Waals surface area contributed by atoms with Crippen LogP contribution in [0, 0.1) is 0 Å². The molecule has 1 aliphatic rings. The van der Waals surface area contributed by atoms with E-state index in [0.29, 0.717) is 10.1 Å². The summed E-state index contributed by atoms with van der Waals surface area (Å²) in [7, 11) is 0. The highest BCUT2D eigenvalue weighted by Crippen LogP contribution is 2.55. The number of rotatable bonds is 3. The maximum absolute atomic E-state index is 14.2. The van der Waals surface area contributed by atoms with Crippen molar-refractivity contribution in [1.29, 1.82) is 0 Å². The second kappa shape index (κ2) is 8.05. The van der Waals surface area contributed by atoms with Crippen molar-refractivity contribution in [1.82, 2.24) is 9.55 Å². The normalized spacial score (nSPS) is 15.3. The molecule has 3 aromatic rings. The summed E-state index contributed by atoms with van der Waals surface area (Å²) in [4.78, 5) is 29.7. The van der Waals surface area contributed by atoms with Gasteiger partial charge >= 0.3 is 18.0 Å². The lowest BCUT2D eigenvalue weighted by atomic mass is 9.87. The van der Waals surface area contributed by atoms with Crippen LogP contribution in [0.3, 0.4) is 0 Å². The number of aromatic amines is 1. The molecule has 0 unspecified atom stereocenters. The van der Waals surface area contributed by atoms with Crippen molar-refractivity contribution in [2.45, 2.75) is 24.3 Å². The molecule has 0 radical (unpaired) electrons. The van der Waals surface area contributed by atoms with Gasteiger partial charge in [-0.15, -0.1) is 0 Å². The minimum absolute atomic E-state index is 0.131. The minimum atomic E-state index is -6.07. The number of hydrogen-bond acceptors (Lipinski definition) is 4. The summed E-state index contributed by atoms with van der Waals surface area (Å²) in [6.45, 7) is 0. The Balaban J connectivity index is 2.09. The number of anilines is 1. The van der Waals surface area contributed by atoms with Gasteiger partial charge in [-0.2, -0.15) is 26.3 Å². The van der Waals surface area contributed by atoms with Crippen LogP contribution < -0.4 is 16.6 Å². The average molecular weight is 503 g/mol. The van der Waals surface area contributed by atoms with Crippen LogP contribution in [-0.4, -0.2) is 27.7 Å². The second-order valence-corrected chi connectivity index (χ2v) is 7.78. The van der Waals surface area contributed by atoms with Crippen molar-refractivity contribution in [3.8, 4) is 5.69 Å². The van der Waals surface area contributed by atoms with Crippen LogP contribution in [0.25, 0.3) is 5.69 Å². The minimum Gasteiger partial charge on any atom is -0.329 e. The van der Waals surface area contributed by atoms with Crippen LogP contribution in [0.2, 0.25) is 5.02 Å². The fourth-order valence-corrected chi connectivity index (χ4v) is 3.82. The molecule has 34 heavy (non-hydrogen) atoms. The van der Waals surface area contributed by atoms with Crippen LogP contribution in [0.4, 0.5) is 32.2 Å². The van der Waals surface area contributed by atoms with Gasteiger partial charge in [0.25, 0.3) is 11.1 Å². The van der Waals surface area contributed by atoms with E-state index in [1.54, 1.807) is 23.2 Å². The fourth-order valence-electron chi connectivity index (χ4n) is 3.69. The summed E-state index contributed by atoms with van der Waals surface area (Å²) in [5, 5.41) is 2.57. The summed E-state index contributed by atoms with van der Waals surface area (Å²) in [6, 6.07) is 12.6. The summed E-state index contributed by atoms with van der Waals surface area (Å²) in [6.07, 6.45) is -12.6. The molecule has 2 aromatic carbocycles. The Labute approximate surface area is 191 Å². The SMILES string of the molecule is O=c1[nH]c(=O)n(-c2ccc(Cl)cc2)c2c1C(C(F)(F)F)(C(F)(F)F)N=C(Cc1ccccc1)N2. The third-order valence-electron chi connectivity index (χ3n) is 5.16. The molecule has 0 bridgehead atoms. The molecule has 0 aliphatic carbocycles. The summed E-state index contributed by atoms with van der Waals surface area (Å²) in [5.74, 6) is -1.73. The second-order valence-electron chi connectivity index (χ2n) is 7.35. The number of aliphatic imine (C=N–C) groups is 1. The van der Waals surface area contributed by atoms with Gasteiger partial charge in [0.2, 0.25) is 0 Å². The van der Waals surface area contributed by atoms with Crippen molar-refractivity contribution in [2.75, 3.05) is 5.32 Å². The van der Waals surface area contributed by atoms with Gasteiger partial charge in [0.15, 0.2) is 0 Å². The van der Waals surface area contributed by atoms with Gasteiger partial charge in [0.05, 0.1) is 5.69 Å². The molecular weight excluding hydrogens is 490 g/mol. The lowest BCUT2D eigenvalue weighted by molar-refractivity contribution is -0.301. The van der Waals surface area contributed by atoms with Crippen LogP contribution >= 0.6 is 11.6 Å². The van der Waals surface area contributed by atoms with E-state index in [9.17, 15) is 35.9 Å². The smallest absolute Gasteiger partial charge is 0.329 e. The Kier molecular flexibility index (Phi) is 5.59. The van der Waals surface area contributed by atoms with E-state index in [4.69, 9.17) is 11.6 Å². The zero-order valence-corrected chi connectivity index (χ0v) is 17.5. The molecule has 13 heteroatoms. The molecule has 0 spiro atoms. The molecule has 0 fully saturated rings. The van der Waals surface area contributed by atoms with E-state index in [2.05, 4.69) is 10.3 Å². The maximum atomic E-state index is 14.2. The van der Waals surface area contributed by atoms with Gasteiger partial charge in [-0.25, -0.2) is 14.4 Å². The Morgan fingerprint density at radius 3 is 2.06 bits per heavy atom. The number of hydrogen-bond donors (Lipinski definition) is 2. The molecule has 2 N–H and O–H groups in total. The van der Waals surface area contributed by atoms with Crippen LogP contribution in [0.15, 0.2) is 69.2 Å². The van der Waals surface area contributed by atoms with E-state index >= 15 is 0 Å². The third-order valence-corrected chi connectivity index (χ3v) is 5.41. The topological polar surface area (TPSA) is 79.2 Å². The molecule has 4 rings (SSSR count). The summed E-state index contributed by atoms with van der Waals surface area (Å²) < 4.78 is 85.9. The van der Waals surface area contributed by atoms with Crippen LogP contribution in [-0.2, 0) is 12.0 Å². The molecule has 1 aliphatic heterocycles. The van der Waals surface area contributed by atoms with Crippen molar-refractivity contribution in [3.63, 3.8) is 0 Å². The van der Waals surface area contributed by atoms with E-state index in [1.807, 2.05) is 0 Å². The molecule has 0 saturated carbocycles. The summed E-state index contributed by atoms with van der Waals surface area (Å²) in [5.41, 5.74) is -9.61. The number of benzene rings is 2. The monoisotopic (exact) mass is 502 g/mol. The largest absolute Gasteiger partial charge is 0.427 e. The molecule has 0 amide bonds. The van der Waals surface area contributed by atoms with Gasteiger partial charge < -0.3 is 5.32 Å². The Bertz CT molecular complexity index is 1360. The quantitative estimate of drug-likeness (QED) is 0.515. The van der Waals surface area contributed by atoms with E-state index < -0.39 is 52.8 Å². The fraction of sp³-hybridized carbons (Fsp3) is 0.190. The predicted molar refractivity (Wildman–Crippen MR) is 113 cm³/mol. The molecule has 6 nitrogen and oxygen atoms in total. The molecule has 2 heterocycles. The van der Waals surface area contributed by atoms with E-state index in [0.717, 1.165) is 0 Å². The Morgan fingerprint density at radius 2 is 1.50 bits per heavy atom. The predicted octanol–water partition coefficient (Wildman–Crippen LogP) is 4.57. The van der Waals surface area contributed by atoms with Gasteiger partial charge in [-0.3, -0.25) is 9.78 Å². The molecular formula is C21H13ClF6N4O2. The van der Waals surface area contributed by atoms with Crippen LogP contribution in [0.1, 0.15) is 11.1 Å². The maximum Gasteiger partial charge on any atom is 0.427 e. The first kappa shape index (κ1) is 23.6. The molecule has 0 saturated heterocycles. The number of alkyl halides is 6. The van der Waals surface area contributed by atoms with Crippen molar-refractivity contribution >= 4 is 23.3 Å². The Morgan fingerprint density at radius 1 is 0.912 bits per heavy atom. The molecule has 178 valence electrons. The number of amidine groups is 1. The number of aromatic nitrogens is 2. The molecule has 0 atom stereocenters. The first-order valence-corrected chi connectivity index (χ1v) is 9.92. The lowest BCUT2D eigenvalue weighted by Gasteiger charge is -2.38. The van der Waals surface area contributed by atoms with Crippen molar-refractivity contribution in [3.05, 3.63) is 91.6 Å². The number of nitrogens with zero attached hydrogens (tertiary/aromatic N) is 2. The van der Waals surface area contributed by atoms with Crippen molar-refractivity contribution in [2.24, 2.45) is 4.99 Å². The van der Waals surface area contributed by atoms with Gasteiger partial charge in [-0.05, 0) is 29.8 Å². The van der Waals surface area contributed by atoms with Gasteiger partial charge in [0, 0.05) is 11.4 Å². The number of H-pyrrole nitrogens is 1. The van der Waals surface area contributed by atoms with E-state index in [1.165, 1.54) is 36.4 Å². The van der Waals surface area contributed by atoms with Gasteiger partial charge in [0.1, 0.15) is 17.2 Å². The highest BCUT2D eigenvalue weighted by Gasteiger charge is 2.75.